The molecule has 0 fully saturated rings. The van der Waals surface area contributed by atoms with Crippen molar-refractivity contribution in [3.8, 4) is 0 Å². The van der Waals surface area contributed by atoms with Crippen molar-refractivity contribution in [2.45, 2.75) is 18.3 Å². The quantitative estimate of drug-likeness (QED) is 0.712. The molecule has 0 bridgehead atoms. The van der Waals surface area contributed by atoms with Gasteiger partial charge in [-0.25, -0.2) is 9.79 Å². The topological polar surface area (TPSA) is 95.8 Å². The van der Waals surface area contributed by atoms with Crippen LogP contribution in [0.5, 0.6) is 0 Å². The second-order valence-corrected chi connectivity index (χ2v) is 5.15. The molecule has 0 N–H and O–H groups in total. The third-order valence-electron chi connectivity index (χ3n) is 3.43. The Bertz CT molecular complexity index is 763. The normalized spacial score (nSPS) is 20.6. The number of methoxy groups -OCH3 is 2. The summed E-state index contributed by atoms with van der Waals surface area (Å²) in [5.74, 6) is -3.90. The number of carbonyl (C=O) groups excluding carboxylic acids is 2. The number of carbonyl (C=O) groups is 2. The van der Waals surface area contributed by atoms with Crippen molar-refractivity contribution in [1.29, 1.82) is 0 Å². The van der Waals surface area contributed by atoms with Gasteiger partial charge in [0.15, 0.2) is 0 Å². The van der Waals surface area contributed by atoms with E-state index in [0.717, 1.165) is 14.2 Å². The van der Waals surface area contributed by atoms with E-state index in [1.54, 1.807) is 30.3 Å². The van der Waals surface area contributed by atoms with Crippen LogP contribution in [0, 0.1) is 0 Å². The van der Waals surface area contributed by atoms with Gasteiger partial charge in [0, 0.05) is 0 Å². The molecule has 1 aromatic carbocycles. The number of halogens is 3. The highest BCUT2D eigenvalue weighted by atomic mass is 19.4. The van der Waals surface area contributed by atoms with Gasteiger partial charge in [0.25, 0.3) is 0 Å². The molecule has 146 valence electrons. The molecule has 1 heterocycles. The molecule has 0 aliphatic carbocycles. The summed E-state index contributed by atoms with van der Waals surface area (Å²) in [6, 6.07) is 8.48. The average molecular weight is 388 g/mol. The van der Waals surface area contributed by atoms with E-state index in [4.69, 9.17) is 9.47 Å². The van der Waals surface area contributed by atoms with Crippen molar-refractivity contribution in [1.82, 2.24) is 0 Å². The first-order valence-corrected chi connectivity index (χ1v) is 7.46. The monoisotopic (exact) mass is 388 g/mol. The average Bonchev–Trinajstić information content (AvgIpc) is 3.04. The van der Waals surface area contributed by atoms with E-state index in [-0.39, 0.29) is 6.61 Å². The number of hydrogen-bond acceptors (Lipinski definition) is 8. The van der Waals surface area contributed by atoms with Gasteiger partial charge >= 0.3 is 29.7 Å². The standard InChI is InChI=1S/C16H15F3N2O6/c1-24-11(22)8-20-12-15(13(23)25-2,16(17,18)19)21-14(27-12)26-9-10-6-4-3-5-7-10/h3-7H,8-9H2,1-2H3. The van der Waals surface area contributed by atoms with E-state index in [1.807, 2.05) is 0 Å². The molecule has 11 heteroatoms. The summed E-state index contributed by atoms with van der Waals surface area (Å²) < 4.78 is 59.7. The maximum Gasteiger partial charge on any atom is 0.433 e. The Morgan fingerprint density at radius 2 is 1.85 bits per heavy atom. The molecule has 0 radical (unpaired) electrons. The summed E-state index contributed by atoms with van der Waals surface area (Å²) in [4.78, 5) is 29.8. The Morgan fingerprint density at radius 1 is 1.19 bits per heavy atom. The minimum Gasteiger partial charge on any atom is -0.468 e. The highest BCUT2D eigenvalue weighted by molar-refractivity contribution is 6.15. The van der Waals surface area contributed by atoms with Crippen LogP contribution in [0.2, 0.25) is 0 Å². The van der Waals surface area contributed by atoms with Crippen molar-refractivity contribution >= 4 is 23.9 Å². The molecule has 0 aromatic heterocycles. The lowest BCUT2D eigenvalue weighted by atomic mass is 10.0. The Morgan fingerprint density at radius 3 is 2.41 bits per heavy atom. The zero-order valence-corrected chi connectivity index (χ0v) is 14.3. The van der Waals surface area contributed by atoms with Gasteiger partial charge in [-0.3, -0.25) is 4.79 Å². The first-order chi connectivity index (χ1) is 12.7. The first kappa shape index (κ1) is 20.2. The van der Waals surface area contributed by atoms with Crippen molar-refractivity contribution < 1.29 is 41.7 Å². The molecule has 2 rings (SSSR count). The van der Waals surface area contributed by atoms with Crippen LogP contribution in [0.25, 0.3) is 0 Å². The Hall–Kier alpha value is -3.11. The summed E-state index contributed by atoms with van der Waals surface area (Å²) in [5, 5.41) is 0. The minimum atomic E-state index is -5.26. The van der Waals surface area contributed by atoms with Crippen LogP contribution in [0.1, 0.15) is 5.56 Å². The Kier molecular flexibility index (Phi) is 6.03. The van der Waals surface area contributed by atoms with E-state index in [9.17, 15) is 22.8 Å². The van der Waals surface area contributed by atoms with Crippen LogP contribution >= 0.6 is 0 Å². The fourth-order valence-electron chi connectivity index (χ4n) is 2.07. The molecule has 8 nitrogen and oxygen atoms in total. The summed E-state index contributed by atoms with van der Waals surface area (Å²) in [6.45, 7) is -0.985. The van der Waals surface area contributed by atoms with E-state index in [0.29, 0.717) is 5.56 Å². The van der Waals surface area contributed by atoms with Gasteiger partial charge in [-0.1, -0.05) is 30.3 Å². The molecular weight excluding hydrogens is 373 g/mol. The lowest BCUT2D eigenvalue weighted by Gasteiger charge is -2.23. The van der Waals surface area contributed by atoms with Gasteiger partial charge in [0.05, 0.1) is 14.2 Å². The lowest BCUT2D eigenvalue weighted by molar-refractivity contribution is -0.189. The maximum absolute atomic E-state index is 13.7. The fourth-order valence-corrected chi connectivity index (χ4v) is 2.07. The number of benzene rings is 1. The Labute approximate surface area is 151 Å². The largest absolute Gasteiger partial charge is 0.468 e. The number of esters is 2. The van der Waals surface area contributed by atoms with Crippen LogP contribution in [0.4, 0.5) is 13.2 Å². The van der Waals surface area contributed by atoms with Gasteiger partial charge in [-0.2, -0.15) is 18.2 Å². The van der Waals surface area contributed by atoms with Gasteiger partial charge in [0.1, 0.15) is 13.2 Å². The summed E-state index contributed by atoms with van der Waals surface area (Å²) in [5.41, 5.74) is -2.94. The van der Waals surface area contributed by atoms with Crippen LogP contribution in [0.15, 0.2) is 40.3 Å². The molecule has 1 atom stereocenters. The SMILES string of the molecule is COC(=O)CN=C1OC(OCc2ccccc2)=NC1(C(=O)OC)C(F)(F)F. The number of rotatable bonds is 5. The van der Waals surface area contributed by atoms with Crippen LogP contribution in [-0.4, -0.2) is 56.4 Å². The third kappa shape index (κ3) is 4.18. The van der Waals surface area contributed by atoms with Gasteiger partial charge < -0.3 is 18.9 Å². The molecule has 0 saturated heterocycles. The smallest absolute Gasteiger partial charge is 0.433 e. The molecule has 0 saturated carbocycles. The Balaban J connectivity index is 2.36. The van der Waals surface area contributed by atoms with E-state index < -0.39 is 42.2 Å². The second-order valence-electron chi connectivity index (χ2n) is 5.15. The number of alkyl halides is 3. The molecule has 0 amide bonds. The van der Waals surface area contributed by atoms with Crippen LogP contribution < -0.4 is 0 Å². The highest BCUT2D eigenvalue weighted by Crippen LogP contribution is 2.40. The lowest BCUT2D eigenvalue weighted by Crippen LogP contribution is -2.55. The molecule has 1 unspecified atom stereocenters. The molecule has 1 aliphatic heterocycles. The van der Waals surface area contributed by atoms with Crippen LogP contribution in [0.3, 0.4) is 0 Å². The summed E-state index contributed by atoms with van der Waals surface area (Å²) >= 11 is 0. The zero-order chi connectivity index (χ0) is 20.1. The second kappa shape index (κ2) is 8.06. The van der Waals surface area contributed by atoms with Gasteiger partial charge in [0.2, 0.25) is 5.90 Å². The molecule has 0 spiro atoms. The minimum absolute atomic E-state index is 0.168. The van der Waals surface area contributed by atoms with Crippen molar-refractivity contribution in [3.05, 3.63) is 35.9 Å². The third-order valence-corrected chi connectivity index (χ3v) is 3.43. The van der Waals surface area contributed by atoms with Gasteiger partial charge in [-0.05, 0) is 5.56 Å². The highest BCUT2D eigenvalue weighted by Gasteiger charge is 2.71. The van der Waals surface area contributed by atoms with Crippen molar-refractivity contribution in [2.75, 3.05) is 20.8 Å². The first-order valence-electron chi connectivity index (χ1n) is 7.46. The van der Waals surface area contributed by atoms with E-state index >= 15 is 0 Å². The van der Waals surface area contributed by atoms with Gasteiger partial charge in [-0.15, -0.1) is 0 Å². The predicted molar refractivity (Wildman–Crippen MR) is 84.9 cm³/mol. The maximum atomic E-state index is 13.7. The van der Waals surface area contributed by atoms with Crippen molar-refractivity contribution in [2.24, 2.45) is 9.98 Å². The summed E-state index contributed by atoms with van der Waals surface area (Å²) in [7, 11) is 1.78. The van der Waals surface area contributed by atoms with E-state index in [2.05, 4.69) is 19.5 Å². The molecule has 27 heavy (non-hydrogen) atoms. The molecular formula is C16H15F3N2O6. The van der Waals surface area contributed by atoms with E-state index in [1.165, 1.54) is 0 Å². The summed E-state index contributed by atoms with van der Waals surface area (Å²) in [6.07, 6.45) is -6.09. The number of ether oxygens (including phenoxy) is 4. The number of nitrogens with zero attached hydrogens (tertiary/aromatic N) is 2. The zero-order valence-electron chi connectivity index (χ0n) is 14.3. The number of hydrogen-bond donors (Lipinski definition) is 0. The van der Waals surface area contributed by atoms with Crippen molar-refractivity contribution in [3.63, 3.8) is 0 Å². The fraction of sp³-hybridized carbons (Fsp3) is 0.375. The predicted octanol–water partition coefficient (Wildman–Crippen LogP) is 1.63. The number of aliphatic imine (C=N–C) groups is 2. The molecule has 1 aliphatic rings. The van der Waals surface area contributed by atoms with Crippen LogP contribution in [-0.2, 0) is 35.1 Å². The molecule has 1 aromatic rings.